The zero-order valence-corrected chi connectivity index (χ0v) is 12.8. The molecule has 0 amide bonds. The van der Waals surface area contributed by atoms with Crippen LogP contribution in [0.25, 0.3) is 0 Å². The Labute approximate surface area is 128 Å². The molecule has 0 fully saturated rings. The van der Waals surface area contributed by atoms with Crippen LogP contribution in [0.2, 0.25) is 0 Å². The molecular formula is C18H26N2O. The van der Waals surface area contributed by atoms with Crippen LogP contribution in [-0.4, -0.2) is 11.3 Å². The minimum absolute atomic E-state index is 0.669. The zero-order valence-electron chi connectivity index (χ0n) is 12.8. The second-order valence-corrected chi connectivity index (χ2v) is 5.38. The number of hydrogen-bond donors (Lipinski definition) is 1. The van der Waals surface area contributed by atoms with E-state index in [-0.39, 0.29) is 0 Å². The third-order valence-corrected chi connectivity index (χ3v) is 3.54. The van der Waals surface area contributed by atoms with Crippen molar-refractivity contribution in [3.05, 3.63) is 35.7 Å². The Bertz CT molecular complexity index is 454. The van der Waals surface area contributed by atoms with Gasteiger partial charge in [-0.1, -0.05) is 25.0 Å². The van der Waals surface area contributed by atoms with Crippen LogP contribution in [0.1, 0.15) is 74.0 Å². The Balaban J connectivity index is 1.90. The quantitative estimate of drug-likeness (QED) is 0.335. The van der Waals surface area contributed by atoms with Gasteiger partial charge in [0.25, 0.3) is 0 Å². The molecule has 21 heavy (non-hydrogen) atoms. The molecule has 0 radical (unpaired) electrons. The summed E-state index contributed by atoms with van der Waals surface area (Å²) in [6.07, 6.45) is 16.4. The number of hydrogen-bond acceptors (Lipinski definition) is 2. The van der Waals surface area contributed by atoms with E-state index in [9.17, 15) is 4.79 Å². The summed E-state index contributed by atoms with van der Waals surface area (Å²) in [5.74, 6) is 0. The summed E-state index contributed by atoms with van der Waals surface area (Å²) in [6, 6.07) is 6.01. The Morgan fingerprint density at radius 2 is 1.71 bits per heavy atom. The lowest BCUT2D eigenvalue weighted by Crippen LogP contribution is -1.87. The lowest BCUT2D eigenvalue weighted by atomic mass is 10.1. The Morgan fingerprint density at radius 3 is 2.33 bits per heavy atom. The van der Waals surface area contributed by atoms with Crippen molar-refractivity contribution in [2.45, 2.75) is 64.2 Å². The van der Waals surface area contributed by atoms with Gasteiger partial charge in [0.2, 0.25) is 0 Å². The van der Waals surface area contributed by atoms with Gasteiger partial charge in [-0.25, -0.2) is 0 Å². The van der Waals surface area contributed by atoms with Crippen molar-refractivity contribution in [1.29, 1.82) is 5.26 Å². The first-order chi connectivity index (χ1) is 10.4. The largest absolute Gasteiger partial charge is 0.356 e. The highest BCUT2D eigenvalue weighted by atomic mass is 16.1. The number of allylic oxidation sites excluding steroid dienone is 2. The molecule has 3 heteroatoms. The number of aromatic nitrogens is 1. The lowest BCUT2D eigenvalue weighted by molar-refractivity contribution is 0.111. The highest BCUT2D eigenvalue weighted by Crippen LogP contribution is 2.09. The van der Waals surface area contributed by atoms with Crippen LogP contribution in [-0.2, 0) is 6.42 Å². The molecule has 1 heterocycles. The molecule has 114 valence electrons. The molecular weight excluding hydrogens is 260 g/mol. The van der Waals surface area contributed by atoms with E-state index in [1.165, 1.54) is 25.7 Å². The molecule has 0 saturated heterocycles. The first-order valence-electron chi connectivity index (χ1n) is 8.02. The van der Waals surface area contributed by atoms with E-state index in [0.29, 0.717) is 12.1 Å². The normalized spacial score (nSPS) is 10.8. The number of rotatable bonds is 12. The van der Waals surface area contributed by atoms with Gasteiger partial charge >= 0.3 is 0 Å². The molecule has 1 aromatic rings. The number of aryl methyl sites for hydroxylation is 1. The molecule has 0 aromatic carbocycles. The summed E-state index contributed by atoms with van der Waals surface area (Å²) in [7, 11) is 0. The third-order valence-electron chi connectivity index (χ3n) is 3.54. The second kappa shape index (κ2) is 12.0. The minimum Gasteiger partial charge on any atom is -0.356 e. The fourth-order valence-corrected chi connectivity index (χ4v) is 2.31. The van der Waals surface area contributed by atoms with Crippen LogP contribution in [0.3, 0.4) is 0 Å². The standard InChI is InChI=1S/C18H26N2O/c19-15-11-9-7-5-3-1-2-4-6-8-10-12-17-13-14-18(16-21)20-17/h1-2,13-14,16,20H,3-12H2/b2-1-. The first-order valence-corrected chi connectivity index (χ1v) is 8.02. The number of H-pyrrole nitrogens is 1. The monoisotopic (exact) mass is 286 g/mol. The van der Waals surface area contributed by atoms with Crippen LogP contribution < -0.4 is 0 Å². The molecule has 0 spiro atoms. The Morgan fingerprint density at radius 1 is 1.00 bits per heavy atom. The van der Waals surface area contributed by atoms with E-state index < -0.39 is 0 Å². The summed E-state index contributed by atoms with van der Waals surface area (Å²) in [5.41, 5.74) is 1.83. The number of unbranched alkanes of at least 4 members (excludes halogenated alkanes) is 7. The van der Waals surface area contributed by atoms with Gasteiger partial charge < -0.3 is 4.98 Å². The van der Waals surface area contributed by atoms with Crippen molar-refractivity contribution < 1.29 is 4.79 Å². The Hall–Kier alpha value is -1.82. The number of aromatic amines is 1. The van der Waals surface area contributed by atoms with Gasteiger partial charge in [-0.05, 0) is 57.1 Å². The van der Waals surface area contributed by atoms with Gasteiger partial charge in [-0.2, -0.15) is 5.26 Å². The molecule has 0 unspecified atom stereocenters. The summed E-state index contributed by atoms with van der Waals surface area (Å²) in [5, 5.41) is 8.41. The van der Waals surface area contributed by atoms with Crippen LogP contribution in [0.15, 0.2) is 24.3 Å². The molecule has 0 aliphatic rings. The van der Waals surface area contributed by atoms with Gasteiger partial charge in [0, 0.05) is 12.1 Å². The summed E-state index contributed by atoms with van der Waals surface area (Å²) < 4.78 is 0. The summed E-state index contributed by atoms with van der Waals surface area (Å²) in [4.78, 5) is 13.6. The predicted octanol–water partition coefficient (Wildman–Crippen LogP) is 4.96. The SMILES string of the molecule is N#CCCCCC/C=C\CCCCCc1ccc(C=O)[nH]1. The van der Waals surface area contributed by atoms with Crippen molar-refractivity contribution in [3.8, 4) is 6.07 Å². The van der Waals surface area contributed by atoms with E-state index in [1.807, 2.05) is 12.1 Å². The maximum absolute atomic E-state index is 10.5. The van der Waals surface area contributed by atoms with Gasteiger partial charge in [0.15, 0.2) is 6.29 Å². The fourth-order valence-electron chi connectivity index (χ4n) is 2.31. The van der Waals surface area contributed by atoms with E-state index in [4.69, 9.17) is 5.26 Å². The topological polar surface area (TPSA) is 56.6 Å². The predicted molar refractivity (Wildman–Crippen MR) is 86.2 cm³/mol. The van der Waals surface area contributed by atoms with Gasteiger partial charge in [0.05, 0.1) is 11.8 Å². The molecule has 0 atom stereocenters. The smallest absolute Gasteiger partial charge is 0.166 e. The highest BCUT2D eigenvalue weighted by Gasteiger charge is 1.97. The van der Waals surface area contributed by atoms with E-state index in [1.54, 1.807) is 0 Å². The summed E-state index contributed by atoms with van der Waals surface area (Å²) >= 11 is 0. The lowest BCUT2D eigenvalue weighted by Gasteiger charge is -1.98. The van der Waals surface area contributed by atoms with Crippen LogP contribution in [0, 0.1) is 11.3 Å². The van der Waals surface area contributed by atoms with Crippen LogP contribution in [0.5, 0.6) is 0 Å². The molecule has 0 aliphatic carbocycles. The fraction of sp³-hybridized carbons (Fsp3) is 0.556. The maximum Gasteiger partial charge on any atom is 0.166 e. The number of aldehydes is 1. The zero-order chi connectivity index (χ0) is 15.2. The number of nitrogens with zero attached hydrogens (tertiary/aromatic N) is 1. The number of carbonyl (C=O) groups is 1. The molecule has 0 aliphatic heterocycles. The summed E-state index contributed by atoms with van der Waals surface area (Å²) in [6.45, 7) is 0. The van der Waals surface area contributed by atoms with Crippen molar-refractivity contribution in [2.24, 2.45) is 0 Å². The van der Waals surface area contributed by atoms with Crippen LogP contribution in [0.4, 0.5) is 0 Å². The van der Waals surface area contributed by atoms with Crippen LogP contribution >= 0.6 is 0 Å². The Kier molecular flexibility index (Phi) is 9.82. The molecule has 1 aromatic heterocycles. The molecule has 1 rings (SSSR count). The number of carbonyl (C=O) groups excluding carboxylic acids is 1. The van der Waals surface area contributed by atoms with Gasteiger partial charge in [0.1, 0.15) is 0 Å². The van der Waals surface area contributed by atoms with Crippen molar-refractivity contribution >= 4 is 6.29 Å². The van der Waals surface area contributed by atoms with E-state index in [2.05, 4.69) is 23.2 Å². The van der Waals surface area contributed by atoms with E-state index in [0.717, 1.165) is 44.1 Å². The molecule has 0 saturated carbocycles. The third kappa shape index (κ3) is 8.86. The molecule has 0 bridgehead atoms. The first kappa shape index (κ1) is 17.2. The number of nitrogens with one attached hydrogen (secondary N) is 1. The van der Waals surface area contributed by atoms with Crippen molar-refractivity contribution in [3.63, 3.8) is 0 Å². The molecule has 3 nitrogen and oxygen atoms in total. The molecule has 1 N–H and O–H groups in total. The van der Waals surface area contributed by atoms with E-state index >= 15 is 0 Å². The van der Waals surface area contributed by atoms with Gasteiger partial charge in [-0.3, -0.25) is 4.79 Å². The average molecular weight is 286 g/mol. The minimum atomic E-state index is 0.669. The average Bonchev–Trinajstić information content (AvgIpc) is 2.96. The maximum atomic E-state index is 10.5. The van der Waals surface area contributed by atoms with Crippen molar-refractivity contribution in [2.75, 3.05) is 0 Å². The van der Waals surface area contributed by atoms with Crippen molar-refractivity contribution in [1.82, 2.24) is 4.98 Å². The second-order valence-electron chi connectivity index (χ2n) is 5.38. The number of nitriles is 1. The van der Waals surface area contributed by atoms with Gasteiger partial charge in [-0.15, -0.1) is 0 Å². The highest BCUT2D eigenvalue weighted by molar-refractivity contribution is 5.71.